The number of carbonyl (C=O) groups excluding carboxylic acids is 1. The summed E-state index contributed by atoms with van der Waals surface area (Å²) in [7, 11) is 0. The third-order valence-corrected chi connectivity index (χ3v) is 4.10. The van der Waals surface area contributed by atoms with Crippen LogP contribution in [-0.4, -0.2) is 24.2 Å². The fourth-order valence-electron chi connectivity index (χ4n) is 2.87. The quantitative estimate of drug-likeness (QED) is 0.751. The molecule has 1 aromatic rings. The van der Waals surface area contributed by atoms with Gasteiger partial charge in [0.2, 0.25) is 5.91 Å². The van der Waals surface area contributed by atoms with E-state index in [1.165, 1.54) is 11.1 Å². The average molecular weight is 275 g/mol. The molecule has 1 atom stereocenters. The molecule has 1 unspecified atom stereocenters. The first-order chi connectivity index (χ1) is 9.81. The van der Waals surface area contributed by atoms with Crippen LogP contribution in [0.15, 0.2) is 24.3 Å². The summed E-state index contributed by atoms with van der Waals surface area (Å²) < 4.78 is 0. The van der Waals surface area contributed by atoms with E-state index in [2.05, 4.69) is 29.6 Å². The lowest BCUT2D eigenvalue weighted by atomic mass is 9.83. The zero-order valence-electron chi connectivity index (χ0n) is 12.1. The van der Waals surface area contributed by atoms with Crippen molar-refractivity contribution in [2.45, 2.75) is 44.9 Å². The maximum Gasteiger partial charge on any atom is 0.223 e. The lowest BCUT2D eigenvalue weighted by molar-refractivity contribution is -0.125. The summed E-state index contributed by atoms with van der Waals surface area (Å²) in [5.74, 6) is 0.351. The van der Waals surface area contributed by atoms with Crippen molar-refractivity contribution in [3.05, 3.63) is 35.4 Å². The molecule has 0 aliphatic heterocycles. The maximum absolute atomic E-state index is 12.1. The second-order valence-corrected chi connectivity index (χ2v) is 5.64. The van der Waals surface area contributed by atoms with E-state index in [0.29, 0.717) is 0 Å². The summed E-state index contributed by atoms with van der Waals surface area (Å²) in [4.78, 5) is 12.1. The highest BCUT2D eigenvalue weighted by Gasteiger charge is 2.23. The minimum Gasteiger partial charge on any atom is -0.396 e. The SMILES string of the molecule is O=C(NCCCCCCO)C1CCc2ccccc2C1. The molecule has 0 heterocycles. The summed E-state index contributed by atoms with van der Waals surface area (Å²) in [5, 5.41) is 11.8. The lowest BCUT2D eigenvalue weighted by Crippen LogP contribution is -2.34. The molecule has 0 aromatic heterocycles. The summed E-state index contributed by atoms with van der Waals surface area (Å²) in [5.41, 5.74) is 2.74. The Morgan fingerprint density at radius 1 is 1.15 bits per heavy atom. The molecule has 1 amide bonds. The molecule has 0 radical (unpaired) electrons. The molecule has 0 saturated carbocycles. The van der Waals surface area contributed by atoms with E-state index in [9.17, 15) is 4.79 Å². The molecule has 1 aliphatic rings. The molecule has 1 aromatic carbocycles. The number of aryl methyl sites for hydroxylation is 1. The minimum absolute atomic E-state index is 0.141. The predicted octanol–water partition coefficient (Wildman–Crippen LogP) is 2.46. The van der Waals surface area contributed by atoms with Gasteiger partial charge in [-0.25, -0.2) is 0 Å². The molecule has 2 N–H and O–H groups in total. The van der Waals surface area contributed by atoms with Crippen molar-refractivity contribution < 1.29 is 9.90 Å². The Hall–Kier alpha value is -1.35. The van der Waals surface area contributed by atoms with Crippen molar-refractivity contribution in [1.29, 1.82) is 0 Å². The van der Waals surface area contributed by atoms with Crippen LogP contribution in [0.3, 0.4) is 0 Å². The summed E-state index contributed by atoms with van der Waals surface area (Å²) in [6, 6.07) is 8.44. The zero-order valence-corrected chi connectivity index (χ0v) is 12.1. The second kappa shape index (κ2) is 8.05. The number of carbonyl (C=O) groups is 1. The van der Waals surface area contributed by atoms with E-state index in [1.54, 1.807) is 0 Å². The summed E-state index contributed by atoms with van der Waals surface area (Å²) in [6.45, 7) is 1.04. The number of fused-ring (bicyclic) bond motifs is 1. The van der Waals surface area contributed by atoms with Crippen LogP contribution in [0.4, 0.5) is 0 Å². The van der Waals surface area contributed by atoms with Crippen LogP contribution in [0.5, 0.6) is 0 Å². The lowest BCUT2D eigenvalue weighted by Gasteiger charge is -2.23. The van der Waals surface area contributed by atoms with Crippen molar-refractivity contribution in [3.8, 4) is 0 Å². The molecule has 1 aliphatic carbocycles. The van der Waals surface area contributed by atoms with E-state index in [4.69, 9.17) is 5.11 Å². The number of rotatable bonds is 7. The number of hydrogen-bond donors (Lipinski definition) is 2. The van der Waals surface area contributed by atoms with E-state index >= 15 is 0 Å². The Morgan fingerprint density at radius 2 is 1.90 bits per heavy atom. The highest BCUT2D eigenvalue weighted by molar-refractivity contribution is 5.79. The summed E-state index contributed by atoms with van der Waals surface area (Å²) >= 11 is 0. The highest BCUT2D eigenvalue weighted by atomic mass is 16.2. The van der Waals surface area contributed by atoms with E-state index in [-0.39, 0.29) is 18.4 Å². The standard InChI is InChI=1S/C17H25NO2/c19-12-6-2-1-5-11-18-17(20)16-10-9-14-7-3-4-8-15(14)13-16/h3-4,7-8,16,19H,1-2,5-6,9-13H2,(H,18,20). The molecule has 0 spiro atoms. The van der Waals surface area contributed by atoms with Crippen LogP contribution in [0.2, 0.25) is 0 Å². The van der Waals surface area contributed by atoms with Gasteiger partial charge in [-0.15, -0.1) is 0 Å². The van der Waals surface area contributed by atoms with E-state index < -0.39 is 0 Å². The van der Waals surface area contributed by atoms with Gasteiger partial charge in [0.05, 0.1) is 0 Å². The van der Waals surface area contributed by atoms with Crippen LogP contribution >= 0.6 is 0 Å². The van der Waals surface area contributed by atoms with Gasteiger partial charge in [-0.05, 0) is 43.2 Å². The van der Waals surface area contributed by atoms with Crippen molar-refractivity contribution in [2.24, 2.45) is 5.92 Å². The monoisotopic (exact) mass is 275 g/mol. The van der Waals surface area contributed by atoms with Crippen LogP contribution in [0.1, 0.15) is 43.2 Å². The molecule has 110 valence electrons. The van der Waals surface area contributed by atoms with Gasteiger partial charge in [-0.2, -0.15) is 0 Å². The van der Waals surface area contributed by atoms with Gasteiger partial charge in [0.25, 0.3) is 0 Å². The molecule has 3 nitrogen and oxygen atoms in total. The molecule has 20 heavy (non-hydrogen) atoms. The molecular weight excluding hydrogens is 250 g/mol. The van der Waals surface area contributed by atoms with E-state index in [0.717, 1.165) is 51.5 Å². The fraction of sp³-hybridized carbons (Fsp3) is 0.588. The van der Waals surface area contributed by atoms with Crippen molar-refractivity contribution in [1.82, 2.24) is 5.32 Å². The van der Waals surface area contributed by atoms with E-state index in [1.807, 2.05) is 0 Å². The van der Waals surface area contributed by atoms with Crippen molar-refractivity contribution >= 4 is 5.91 Å². The molecule has 0 bridgehead atoms. The second-order valence-electron chi connectivity index (χ2n) is 5.64. The van der Waals surface area contributed by atoms with Crippen LogP contribution in [0, 0.1) is 5.92 Å². The predicted molar refractivity (Wildman–Crippen MR) is 80.5 cm³/mol. The molecule has 0 saturated heterocycles. The van der Waals surface area contributed by atoms with Gasteiger partial charge >= 0.3 is 0 Å². The molecule has 3 heteroatoms. The van der Waals surface area contributed by atoms with Gasteiger partial charge in [0.15, 0.2) is 0 Å². The number of benzene rings is 1. The number of amides is 1. The van der Waals surface area contributed by atoms with Crippen molar-refractivity contribution in [2.75, 3.05) is 13.2 Å². The topological polar surface area (TPSA) is 49.3 Å². The Balaban J connectivity index is 1.69. The third kappa shape index (κ3) is 4.34. The van der Waals surface area contributed by atoms with Gasteiger partial charge in [0.1, 0.15) is 0 Å². The first kappa shape index (κ1) is 15.0. The van der Waals surface area contributed by atoms with Gasteiger partial charge in [0, 0.05) is 19.1 Å². The van der Waals surface area contributed by atoms with Gasteiger partial charge in [-0.3, -0.25) is 4.79 Å². The normalized spacial score (nSPS) is 17.6. The Bertz CT molecular complexity index is 431. The van der Waals surface area contributed by atoms with Crippen LogP contribution in [0.25, 0.3) is 0 Å². The number of unbranched alkanes of at least 4 members (excludes halogenated alkanes) is 3. The number of aliphatic hydroxyl groups excluding tert-OH is 1. The number of nitrogens with one attached hydrogen (secondary N) is 1. The first-order valence-electron chi connectivity index (χ1n) is 7.76. The summed E-state index contributed by atoms with van der Waals surface area (Å²) in [6.07, 6.45) is 6.87. The molecular formula is C17H25NO2. The van der Waals surface area contributed by atoms with Crippen LogP contribution < -0.4 is 5.32 Å². The molecule has 0 fully saturated rings. The Kier molecular flexibility index (Phi) is 6.06. The minimum atomic E-state index is 0.141. The fourth-order valence-corrected chi connectivity index (χ4v) is 2.87. The highest BCUT2D eigenvalue weighted by Crippen LogP contribution is 2.25. The van der Waals surface area contributed by atoms with Gasteiger partial charge in [-0.1, -0.05) is 37.1 Å². The van der Waals surface area contributed by atoms with Gasteiger partial charge < -0.3 is 10.4 Å². The smallest absolute Gasteiger partial charge is 0.223 e. The zero-order chi connectivity index (χ0) is 14.2. The average Bonchev–Trinajstić information content (AvgIpc) is 2.50. The number of hydrogen-bond acceptors (Lipinski definition) is 2. The third-order valence-electron chi connectivity index (χ3n) is 4.10. The number of aliphatic hydroxyl groups is 1. The maximum atomic E-state index is 12.1. The van der Waals surface area contributed by atoms with Crippen LogP contribution in [-0.2, 0) is 17.6 Å². The largest absolute Gasteiger partial charge is 0.396 e. The Morgan fingerprint density at radius 3 is 2.70 bits per heavy atom. The van der Waals surface area contributed by atoms with Crippen molar-refractivity contribution in [3.63, 3.8) is 0 Å². The first-order valence-corrected chi connectivity index (χ1v) is 7.76. The molecule has 2 rings (SSSR count). The Labute approximate surface area is 121 Å².